The van der Waals surface area contributed by atoms with E-state index >= 15 is 0 Å². The van der Waals surface area contributed by atoms with Crippen LogP contribution in [-0.2, 0) is 4.74 Å². The predicted octanol–water partition coefficient (Wildman–Crippen LogP) is -3.00. The van der Waals surface area contributed by atoms with Gasteiger partial charge in [0.15, 0.2) is 12.0 Å². The third kappa shape index (κ3) is 1.89. The summed E-state index contributed by atoms with van der Waals surface area (Å²) in [6, 6.07) is -0.758. The molecule has 8 N–H and O–H groups in total. The molecule has 5 atom stereocenters. The molecule has 0 amide bonds. The van der Waals surface area contributed by atoms with Crippen LogP contribution in [0.1, 0.15) is 0 Å². The number of aliphatic hydroxyl groups is 3. The summed E-state index contributed by atoms with van der Waals surface area (Å²) in [5.41, 5.74) is 5.06. The Morgan fingerprint density at radius 3 is 2.75 bits per heavy atom. The summed E-state index contributed by atoms with van der Waals surface area (Å²) in [7, 11) is 0. The Labute approximate surface area is 112 Å². The molecule has 3 rings (SSSR count). The number of rotatable bonds is 1. The maximum atomic E-state index is 11.8. The summed E-state index contributed by atoms with van der Waals surface area (Å²) in [5, 5.41) is 34.6. The molecule has 1 saturated heterocycles. The molecule has 2 aliphatic heterocycles. The number of hydrogen-bond acceptors (Lipinski definition) is 9. The highest BCUT2D eigenvalue weighted by Crippen LogP contribution is 2.30. The maximum Gasteiger partial charge on any atom is 0.277 e. The number of aromatic nitrogens is 2. The van der Waals surface area contributed by atoms with Crippen LogP contribution in [0.2, 0.25) is 0 Å². The molecule has 0 bridgehead atoms. The molecule has 0 saturated carbocycles. The topological polar surface area (TPSA) is 166 Å². The standard InChI is InChI=1S/C10H15N5O5/c11-10-14-7-4(8(19)15-10)12-3-6(18)5(17)2(1-16)20-9(3)13-7/h2-3,5-6,9,12,16-18H,1H2,(H4,11,13,14,15,19). The van der Waals surface area contributed by atoms with Crippen molar-refractivity contribution in [3.63, 3.8) is 0 Å². The molecular formula is C10H15N5O5. The van der Waals surface area contributed by atoms with Gasteiger partial charge >= 0.3 is 0 Å². The lowest BCUT2D eigenvalue weighted by Crippen LogP contribution is -2.65. The van der Waals surface area contributed by atoms with Crippen molar-refractivity contribution < 1.29 is 20.1 Å². The van der Waals surface area contributed by atoms with Gasteiger partial charge in [-0.15, -0.1) is 0 Å². The molecule has 1 aromatic rings. The van der Waals surface area contributed by atoms with E-state index in [1.54, 1.807) is 0 Å². The molecule has 0 aliphatic carbocycles. The average molecular weight is 285 g/mol. The van der Waals surface area contributed by atoms with Gasteiger partial charge in [-0.1, -0.05) is 0 Å². The highest BCUT2D eigenvalue weighted by Gasteiger charge is 2.47. The number of ether oxygens (including phenoxy) is 1. The number of anilines is 3. The van der Waals surface area contributed by atoms with Crippen molar-refractivity contribution in [2.45, 2.75) is 30.6 Å². The van der Waals surface area contributed by atoms with Crippen molar-refractivity contribution in [2.75, 3.05) is 23.0 Å². The van der Waals surface area contributed by atoms with Gasteiger partial charge in [0.25, 0.3) is 5.56 Å². The van der Waals surface area contributed by atoms with E-state index in [1.807, 2.05) is 0 Å². The smallest absolute Gasteiger partial charge is 0.277 e. The van der Waals surface area contributed by atoms with Gasteiger partial charge in [-0.05, 0) is 0 Å². The van der Waals surface area contributed by atoms with E-state index in [-0.39, 0.29) is 17.5 Å². The number of nitrogen functional groups attached to an aromatic ring is 1. The minimum absolute atomic E-state index is 0.0587. The second-order valence-electron chi connectivity index (χ2n) is 4.75. The van der Waals surface area contributed by atoms with Crippen LogP contribution in [0.15, 0.2) is 4.79 Å². The first-order valence-electron chi connectivity index (χ1n) is 6.06. The van der Waals surface area contributed by atoms with Crippen LogP contribution in [0.5, 0.6) is 0 Å². The molecule has 0 spiro atoms. The Balaban J connectivity index is 1.96. The number of fused-ring (bicyclic) bond motifs is 2. The summed E-state index contributed by atoms with van der Waals surface area (Å²) in [6.07, 6.45) is -4.17. The molecule has 0 aromatic carbocycles. The van der Waals surface area contributed by atoms with Gasteiger partial charge in [0.1, 0.15) is 30.0 Å². The van der Waals surface area contributed by atoms with Crippen LogP contribution in [0.4, 0.5) is 17.5 Å². The van der Waals surface area contributed by atoms with Crippen molar-refractivity contribution in [1.82, 2.24) is 9.97 Å². The number of aromatic amines is 1. The lowest BCUT2D eigenvalue weighted by molar-refractivity contribution is -0.178. The minimum Gasteiger partial charge on any atom is -0.394 e. The van der Waals surface area contributed by atoms with E-state index in [4.69, 9.17) is 15.6 Å². The Kier molecular flexibility index (Phi) is 3.01. The average Bonchev–Trinajstić information content (AvgIpc) is 2.41. The lowest BCUT2D eigenvalue weighted by atomic mass is 9.94. The zero-order chi connectivity index (χ0) is 14.4. The zero-order valence-corrected chi connectivity index (χ0v) is 10.3. The van der Waals surface area contributed by atoms with E-state index < -0.39 is 42.7 Å². The van der Waals surface area contributed by atoms with Crippen LogP contribution in [0.25, 0.3) is 0 Å². The summed E-state index contributed by atoms with van der Waals surface area (Å²) in [6.45, 7) is -0.444. The SMILES string of the molecule is Nc1nc2c(c(=O)[nH]1)NC1C(N2)OC(CO)C(O)C1O. The normalized spacial score (nSPS) is 35.5. The van der Waals surface area contributed by atoms with Crippen LogP contribution < -0.4 is 21.9 Å². The lowest BCUT2D eigenvalue weighted by Gasteiger charge is -2.45. The highest BCUT2D eigenvalue weighted by molar-refractivity contribution is 5.68. The van der Waals surface area contributed by atoms with Gasteiger partial charge in [0.2, 0.25) is 5.95 Å². The molecule has 10 nitrogen and oxygen atoms in total. The first-order chi connectivity index (χ1) is 9.51. The summed E-state index contributed by atoms with van der Waals surface area (Å²) in [5.74, 6) is 0.129. The van der Waals surface area contributed by atoms with Crippen molar-refractivity contribution >= 4 is 17.5 Å². The van der Waals surface area contributed by atoms with E-state index in [2.05, 4.69) is 20.6 Å². The third-order valence-corrected chi connectivity index (χ3v) is 3.45. The molecule has 10 heteroatoms. The van der Waals surface area contributed by atoms with Crippen molar-refractivity contribution in [3.05, 3.63) is 10.4 Å². The Hall–Kier alpha value is -1.88. The first kappa shape index (κ1) is 13.1. The van der Waals surface area contributed by atoms with Crippen LogP contribution in [0, 0.1) is 0 Å². The summed E-state index contributed by atoms with van der Waals surface area (Å²) < 4.78 is 5.43. The van der Waals surface area contributed by atoms with E-state index in [0.717, 1.165) is 0 Å². The number of hydrogen-bond donors (Lipinski definition) is 7. The van der Waals surface area contributed by atoms with E-state index in [9.17, 15) is 15.0 Å². The first-order valence-corrected chi connectivity index (χ1v) is 6.06. The van der Waals surface area contributed by atoms with Crippen molar-refractivity contribution in [1.29, 1.82) is 0 Å². The molecule has 2 aliphatic rings. The molecule has 1 fully saturated rings. The predicted molar refractivity (Wildman–Crippen MR) is 68.1 cm³/mol. The maximum absolute atomic E-state index is 11.8. The molecule has 3 heterocycles. The van der Waals surface area contributed by atoms with Gasteiger partial charge in [-0.2, -0.15) is 4.98 Å². The molecule has 1 aromatic heterocycles. The number of H-pyrrole nitrogens is 1. The number of nitrogens with two attached hydrogens (primary N) is 1. The van der Waals surface area contributed by atoms with Gasteiger partial charge in [0.05, 0.1) is 6.61 Å². The second-order valence-corrected chi connectivity index (χ2v) is 4.75. The fourth-order valence-corrected chi connectivity index (χ4v) is 2.43. The van der Waals surface area contributed by atoms with Gasteiger partial charge in [0, 0.05) is 0 Å². The molecule has 0 radical (unpaired) electrons. The number of aliphatic hydroxyl groups excluding tert-OH is 3. The van der Waals surface area contributed by atoms with Crippen LogP contribution in [-0.4, -0.2) is 62.5 Å². The number of nitrogens with one attached hydrogen (secondary N) is 3. The number of nitrogens with zero attached hydrogens (tertiary/aromatic N) is 1. The van der Waals surface area contributed by atoms with Gasteiger partial charge in [-0.25, -0.2) is 0 Å². The Morgan fingerprint density at radius 2 is 2.05 bits per heavy atom. The Morgan fingerprint density at radius 1 is 1.30 bits per heavy atom. The van der Waals surface area contributed by atoms with E-state index in [1.165, 1.54) is 0 Å². The largest absolute Gasteiger partial charge is 0.394 e. The molecular weight excluding hydrogens is 270 g/mol. The van der Waals surface area contributed by atoms with Crippen molar-refractivity contribution in [3.8, 4) is 0 Å². The quantitative estimate of drug-likeness (QED) is 0.284. The molecule has 5 unspecified atom stereocenters. The van der Waals surface area contributed by atoms with Crippen LogP contribution >= 0.6 is 0 Å². The molecule has 110 valence electrons. The highest BCUT2D eigenvalue weighted by atomic mass is 16.5. The summed E-state index contributed by atoms with van der Waals surface area (Å²) >= 11 is 0. The monoisotopic (exact) mass is 285 g/mol. The fraction of sp³-hybridized carbons (Fsp3) is 0.600. The summed E-state index contributed by atoms with van der Waals surface area (Å²) in [4.78, 5) is 18.0. The third-order valence-electron chi connectivity index (χ3n) is 3.45. The van der Waals surface area contributed by atoms with Gasteiger partial charge < -0.3 is 36.4 Å². The zero-order valence-electron chi connectivity index (χ0n) is 10.3. The Bertz CT molecular complexity index is 578. The molecule has 20 heavy (non-hydrogen) atoms. The van der Waals surface area contributed by atoms with Gasteiger partial charge in [-0.3, -0.25) is 9.78 Å². The van der Waals surface area contributed by atoms with Crippen molar-refractivity contribution in [2.24, 2.45) is 0 Å². The van der Waals surface area contributed by atoms with Crippen LogP contribution in [0.3, 0.4) is 0 Å². The minimum atomic E-state index is -1.27. The second kappa shape index (κ2) is 4.59. The fourth-order valence-electron chi connectivity index (χ4n) is 2.43. The van der Waals surface area contributed by atoms with E-state index in [0.29, 0.717) is 0 Å².